The van der Waals surface area contributed by atoms with Gasteiger partial charge in [0, 0.05) is 5.75 Å². The Labute approximate surface area is 213 Å². The zero-order chi connectivity index (χ0) is 25.0. The number of amides is 1. The van der Waals surface area contributed by atoms with Crippen LogP contribution < -0.4 is 5.32 Å². The van der Waals surface area contributed by atoms with E-state index < -0.39 is 20.9 Å². The fourth-order valence-corrected chi connectivity index (χ4v) is 6.02. The number of sulfone groups is 1. The number of aryl methyl sites for hydroxylation is 1. The molecular formula is C22H17ClFN5O3S3. The number of halogens is 2. The second-order valence-electron chi connectivity index (χ2n) is 7.34. The van der Waals surface area contributed by atoms with Crippen molar-refractivity contribution in [3.8, 4) is 0 Å². The Morgan fingerprint density at radius 2 is 1.91 bits per heavy atom. The Morgan fingerprint density at radius 1 is 1.14 bits per heavy atom. The number of nitrogens with one attached hydrogen (secondary N) is 1. The monoisotopic (exact) mass is 549 g/mol. The van der Waals surface area contributed by atoms with E-state index in [1.165, 1.54) is 23.9 Å². The SMILES string of the molecule is Cc1cccc(CS(=O)(=O)c2ncc(Cl)c(C(=O)Nc3nnc(SCc4ccc(F)cc4)s3)n2)c1. The predicted molar refractivity (Wildman–Crippen MR) is 133 cm³/mol. The van der Waals surface area contributed by atoms with Crippen molar-refractivity contribution in [3.63, 3.8) is 0 Å². The highest BCUT2D eigenvalue weighted by Crippen LogP contribution is 2.29. The van der Waals surface area contributed by atoms with Crippen LogP contribution in [0.3, 0.4) is 0 Å². The van der Waals surface area contributed by atoms with Crippen molar-refractivity contribution < 1.29 is 17.6 Å². The lowest BCUT2D eigenvalue weighted by molar-refractivity contribution is 0.102. The summed E-state index contributed by atoms with van der Waals surface area (Å²) in [5.74, 6) is -0.824. The summed E-state index contributed by atoms with van der Waals surface area (Å²) < 4.78 is 39.3. The van der Waals surface area contributed by atoms with E-state index in [0.29, 0.717) is 15.7 Å². The average Bonchev–Trinajstić information content (AvgIpc) is 3.25. The lowest BCUT2D eigenvalue weighted by atomic mass is 10.2. The minimum Gasteiger partial charge on any atom is -0.295 e. The number of thioether (sulfide) groups is 1. The molecule has 1 amide bonds. The topological polar surface area (TPSA) is 115 Å². The van der Waals surface area contributed by atoms with Gasteiger partial charge in [0.25, 0.3) is 5.91 Å². The summed E-state index contributed by atoms with van der Waals surface area (Å²) in [6.07, 6.45) is 1.08. The fraction of sp³-hybridized carbons (Fsp3) is 0.136. The maximum absolute atomic E-state index is 13.0. The summed E-state index contributed by atoms with van der Waals surface area (Å²) >= 11 is 8.58. The van der Waals surface area contributed by atoms with Gasteiger partial charge in [0.1, 0.15) is 5.82 Å². The number of rotatable bonds is 8. The van der Waals surface area contributed by atoms with Crippen LogP contribution in [-0.4, -0.2) is 34.5 Å². The molecule has 4 rings (SSSR count). The Morgan fingerprint density at radius 3 is 2.66 bits per heavy atom. The molecule has 0 unspecified atom stereocenters. The molecule has 2 heterocycles. The van der Waals surface area contributed by atoms with E-state index >= 15 is 0 Å². The molecule has 2 aromatic heterocycles. The van der Waals surface area contributed by atoms with Crippen LogP contribution in [0.1, 0.15) is 27.2 Å². The standard InChI is InChI=1S/C22H17ClFN5O3S3/c1-13-3-2-4-15(9-13)12-35(31,32)21-25-10-17(23)18(26-21)19(30)27-20-28-29-22(34-20)33-11-14-5-7-16(24)8-6-14/h2-10H,11-12H2,1H3,(H,27,28,30). The number of hydrogen-bond acceptors (Lipinski definition) is 9. The smallest absolute Gasteiger partial charge is 0.277 e. The van der Waals surface area contributed by atoms with E-state index in [9.17, 15) is 17.6 Å². The van der Waals surface area contributed by atoms with Gasteiger partial charge in [0.2, 0.25) is 20.1 Å². The van der Waals surface area contributed by atoms with E-state index in [2.05, 4.69) is 25.5 Å². The molecule has 13 heteroatoms. The molecule has 0 atom stereocenters. The van der Waals surface area contributed by atoms with Crippen LogP contribution in [0.15, 0.2) is 64.2 Å². The normalized spacial score (nSPS) is 11.4. The van der Waals surface area contributed by atoms with Crippen LogP contribution in [0.2, 0.25) is 5.02 Å². The highest BCUT2D eigenvalue weighted by Gasteiger charge is 2.24. The van der Waals surface area contributed by atoms with Crippen molar-refractivity contribution in [2.75, 3.05) is 5.32 Å². The fourth-order valence-electron chi connectivity index (χ4n) is 2.95. The molecule has 0 bridgehead atoms. The Bertz CT molecular complexity index is 1480. The third-order valence-electron chi connectivity index (χ3n) is 4.56. The molecule has 0 saturated heterocycles. The number of carbonyl (C=O) groups is 1. The summed E-state index contributed by atoms with van der Waals surface area (Å²) in [6, 6.07) is 13.2. The number of hydrogen-bond donors (Lipinski definition) is 1. The van der Waals surface area contributed by atoms with Crippen molar-refractivity contribution in [2.45, 2.75) is 27.9 Å². The second-order valence-corrected chi connectivity index (χ2v) is 11.8. The van der Waals surface area contributed by atoms with Gasteiger partial charge in [-0.25, -0.2) is 22.8 Å². The molecule has 0 spiro atoms. The first-order chi connectivity index (χ1) is 16.7. The molecule has 2 aromatic carbocycles. The van der Waals surface area contributed by atoms with E-state index in [1.54, 1.807) is 30.3 Å². The Balaban J connectivity index is 1.45. The molecule has 8 nitrogen and oxygen atoms in total. The summed E-state index contributed by atoms with van der Waals surface area (Å²) in [4.78, 5) is 20.5. The highest BCUT2D eigenvalue weighted by molar-refractivity contribution is 8.00. The number of anilines is 1. The van der Waals surface area contributed by atoms with Crippen LogP contribution in [0.4, 0.5) is 9.52 Å². The van der Waals surface area contributed by atoms with Crippen molar-refractivity contribution in [2.24, 2.45) is 0 Å². The molecule has 0 aliphatic heterocycles. The van der Waals surface area contributed by atoms with E-state index in [4.69, 9.17) is 11.6 Å². The van der Waals surface area contributed by atoms with Gasteiger partial charge in [0.15, 0.2) is 10.0 Å². The van der Waals surface area contributed by atoms with E-state index in [-0.39, 0.29) is 27.4 Å². The average molecular weight is 550 g/mol. The van der Waals surface area contributed by atoms with Crippen molar-refractivity contribution in [1.82, 2.24) is 20.2 Å². The zero-order valence-corrected chi connectivity index (χ0v) is 21.3. The first-order valence-corrected chi connectivity index (χ1v) is 13.9. The molecule has 0 saturated carbocycles. The number of benzene rings is 2. The van der Waals surface area contributed by atoms with Crippen LogP contribution in [0.25, 0.3) is 0 Å². The van der Waals surface area contributed by atoms with Crippen molar-refractivity contribution in [1.29, 1.82) is 0 Å². The van der Waals surface area contributed by atoms with Gasteiger partial charge >= 0.3 is 0 Å². The third kappa shape index (κ3) is 6.60. The Kier molecular flexibility index (Phi) is 7.75. The van der Waals surface area contributed by atoms with E-state index in [0.717, 1.165) is 28.7 Å². The van der Waals surface area contributed by atoms with Gasteiger partial charge in [-0.05, 0) is 30.2 Å². The molecule has 4 aromatic rings. The largest absolute Gasteiger partial charge is 0.295 e. The van der Waals surface area contributed by atoms with Crippen LogP contribution >= 0.6 is 34.7 Å². The quantitative estimate of drug-likeness (QED) is 0.186. The molecule has 0 fully saturated rings. The lowest BCUT2D eigenvalue weighted by Gasteiger charge is -2.07. The highest BCUT2D eigenvalue weighted by atomic mass is 35.5. The minimum atomic E-state index is -3.92. The van der Waals surface area contributed by atoms with Crippen molar-refractivity contribution >= 4 is 55.6 Å². The molecule has 35 heavy (non-hydrogen) atoms. The summed E-state index contributed by atoms with van der Waals surface area (Å²) in [5, 5.41) is 10.1. The first-order valence-electron chi connectivity index (χ1n) is 10.0. The second kappa shape index (κ2) is 10.8. The van der Waals surface area contributed by atoms with Crippen LogP contribution in [0, 0.1) is 12.7 Å². The summed E-state index contributed by atoms with van der Waals surface area (Å²) in [6.45, 7) is 1.86. The Hall–Kier alpha value is -2.93. The van der Waals surface area contributed by atoms with Gasteiger partial charge in [-0.2, -0.15) is 0 Å². The van der Waals surface area contributed by atoms with Crippen LogP contribution in [-0.2, 0) is 21.3 Å². The van der Waals surface area contributed by atoms with Gasteiger partial charge in [-0.3, -0.25) is 10.1 Å². The molecule has 0 aliphatic carbocycles. The van der Waals surface area contributed by atoms with Gasteiger partial charge in [-0.1, -0.05) is 76.7 Å². The number of nitrogens with zero attached hydrogens (tertiary/aromatic N) is 4. The summed E-state index contributed by atoms with van der Waals surface area (Å²) in [7, 11) is -3.92. The maximum atomic E-state index is 13.0. The molecule has 1 N–H and O–H groups in total. The third-order valence-corrected chi connectivity index (χ3v) is 8.34. The maximum Gasteiger partial charge on any atom is 0.277 e. The number of aromatic nitrogens is 4. The molecule has 0 radical (unpaired) electrons. The molecule has 180 valence electrons. The zero-order valence-electron chi connectivity index (χ0n) is 18.1. The predicted octanol–water partition coefficient (Wildman–Crippen LogP) is 4.95. The van der Waals surface area contributed by atoms with Gasteiger partial charge in [-0.15, -0.1) is 10.2 Å². The lowest BCUT2D eigenvalue weighted by Crippen LogP contribution is -2.18. The van der Waals surface area contributed by atoms with Crippen LogP contribution in [0.5, 0.6) is 0 Å². The number of carbonyl (C=O) groups excluding carboxylic acids is 1. The van der Waals surface area contributed by atoms with Crippen molar-refractivity contribution in [3.05, 3.63) is 88.0 Å². The van der Waals surface area contributed by atoms with Gasteiger partial charge in [0.05, 0.1) is 17.0 Å². The van der Waals surface area contributed by atoms with E-state index in [1.807, 2.05) is 13.0 Å². The summed E-state index contributed by atoms with van der Waals surface area (Å²) in [5.41, 5.74) is 2.11. The minimum absolute atomic E-state index is 0.104. The molecule has 0 aliphatic rings. The molecular weight excluding hydrogens is 533 g/mol. The first kappa shape index (κ1) is 25.2. The van der Waals surface area contributed by atoms with Gasteiger partial charge < -0.3 is 0 Å².